The van der Waals surface area contributed by atoms with Gasteiger partial charge in [0.25, 0.3) is 0 Å². The zero-order chi connectivity index (χ0) is 11.3. The maximum atomic E-state index is 11.6. The molecule has 0 aliphatic carbocycles. The van der Waals surface area contributed by atoms with E-state index in [1.807, 2.05) is 6.92 Å². The van der Waals surface area contributed by atoms with Gasteiger partial charge in [-0.05, 0) is 25.8 Å². The summed E-state index contributed by atoms with van der Waals surface area (Å²) in [7, 11) is 0. The van der Waals surface area contributed by atoms with Gasteiger partial charge in [-0.15, -0.1) is 0 Å². The first-order valence-corrected chi connectivity index (χ1v) is 5.39. The number of carbonyl (C=O) groups is 2. The molecule has 0 aromatic rings. The van der Waals surface area contributed by atoms with Crippen molar-refractivity contribution in [1.82, 2.24) is 10.6 Å². The average Bonchev–Trinajstić information content (AvgIpc) is 2.68. The van der Waals surface area contributed by atoms with Crippen molar-refractivity contribution in [2.45, 2.75) is 44.7 Å². The molecule has 2 atom stereocenters. The fraction of sp³-hybridized carbons (Fsp3) is 0.800. The van der Waals surface area contributed by atoms with Crippen LogP contribution in [-0.2, 0) is 9.59 Å². The van der Waals surface area contributed by atoms with Crippen LogP contribution in [0.5, 0.6) is 0 Å². The standard InChI is InChI=1S/C10H18N2O3/c1-2-7(6-9(13)14)12-10(15)8-4-3-5-11-8/h7-8,11H,2-6H2,1H3,(H,12,15)(H,13,14). The number of carboxylic acids is 1. The monoisotopic (exact) mass is 214 g/mol. The number of carbonyl (C=O) groups excluding carboxylic acids is 1. The maximum absolute atomic E-state index is 11.6. The van der Waals surface area contributed by atoms with Crippen molar-refractivity contribution in [3.05, 3.63) is 0 Å². The van der Waals surface area contributed by atoms with Crippen LogP contribution in [0.4, 0.5) is 0 Å². The van der Waals surface area contributed by atoms with Crippen LogP contribution in [0.3, 0.4) is 0 Å². The molecule has 15 heavy (non-hydrogen) atoms. The zero-order valence-electron chi connectivity index (χ0n) is 8.95. The predicted octanol–water partition coefficient (Wildman–Crippen LogP) is 0.108. The molecule has 1 fully saturated rings. The highest BCUT2D eigenvalue weighted by Crippen LogP contribution is 2.06. The lowest BCUT2D eigenvalue weighted by Crippen LogP contribution is -2.45. The Morgan fingerprint density at radius 3 is 2.80 bits per heavy atom. The molecule has 3 N–H and O–H groups in total. The second kappa shape index (κ2) is 5.70. The smallest absolute Gasteiger partial charge is 0.305 e. The van der Waals surface area contributed by atoms with Gasteiger partial charge < -0.3 is 15.7 Å². The number of hydrogen-bond donors (Lipinski definition) is 3. The Morgan fingerprint density at radius 2 is 2.33 bits per heavy atom. The Bertz CT molecular complexity index is 237. The van der Waals surface area contributed by atoms with Crippen molar-refractivity contribution in [2.24, 2.45) is 0 Å². The second-order valence-electron chi connectivity index (χ2n) is 3.86. The molecule has 5 heteroatoms. The summed E-state index contributed by atoms with van der Waals surface area (Å²) >= 11 is 0. The summed E-state index contributed by atoms with van der Waals surface area (Å²) < 4.78 is 0. The van der Waals surface area contributed by atoms with Crippen LogP contribution < -0.4 is 10.6 Å². The van der Waals surface area contributed by atoms with E-state index in [-0.39, 0.29) is 24.4 Å². The predicted molar refractivity (Wildman–Crippen MR) is 55.5 cm³/mol. The van der Waals surface area contributed by atoms with Crippen LogP contribution in [0.1, 0.15) is 32.6 Å². The Hall–Kier alpha value is -1.10. The molecule has 0 bridgehead atoms. The van der Waals surface area contributed by atoms with E-state index in [1.54, 1.807) is 0 Å². The molecule has 1 saturated heterocycles. The van der Waals surface area contributed by atoms with Gasteiger partial charge in [0, 0.05) is 6.04 Å². The van der Waals surface area contributed by atoms with Crippen LogP contribution >= 0.6 is 0 Å². The van der Waals surface area contributed by atoms with E-state index >= 15 is 0 Å². The Balaban J connectivity index is 2.36. The minimum absolute atomic E-state index is 0.00500. The van der Waals surface area contributed by atoms with E-state index in [0.717, 1.165) is 19.4 Å². The van der Waals surface area contributed by atoms with E-state index in [0.29, 0.717) is 6.42 Å². The largest absolute Gasteiger partial charge is 0.481 e. The number of hydrogen-bond acceptors (Lipinski definition) is 3. The van der Waals surface area contributed by atoms with Crippen LogP contribution in [0.25, 0.3) is 0 Å². The molecule has 1 amide bonds. The highest BCUT2D eigenvalue weighted by Gasteiger charge is 2.24. The van der Waals surface area contributed by atoms with E-state index in [1.165, 1.54) is 0 Å². The molecule has 1 rings (SSSR count). The minimum atomic E-state index is -0.874. The number of rotatable bonds is 5. The molecule has 0 spiro atoms. The van der Waals surface area contributed by atoms with Crippen molar-refractivity contribution in [3.8, 4) is 0 Å². The quantitative estimate of drug-likeness (QED) is 0.607. The summed E-state index contributed by atoms with van der Waals surface area (Å²) in [6, 6.07) is -0.384. The van der Waals surface area contributed by atoms with Gasteiger partial charge in [0.2, 0.25) is 5.91 Å². The molecule has 1 aliphatic heterocycles. The summed E-state index contributed by atoms with van der Waals surface area (Å²) in [5.74, 6) is -0.942. The van der Waals surface area contributed by atoms with Crippen molar-refractivity contribution in [1.29, 1.82) is 0 Å². The van der Waals surface area contributed by atoms with Crippen molar-refractivity contribution < 1.29 is 14.7 Å². The first-order valence-electron chi connectivity index (χ1n) is 5.39. The number of nitrogens with one attached hydrogen (secondary N) is 2. The summed E-state index contributed by atoms with van der Waals surface area (Å²) in [5.41, 5.74) is 0. The van der Waals surface area contributed by atoms with Crippen LogP contribution in [0.15, 0.2) is 0 Å². The van der Waals surface area contributed by atoms with Crippen molar-refractivity contribution in [2.75, 3.05) is 6.54 Å². The first-order chi connectivity index (χ1) is 7.13. The van der Waals surface area contributed by atoms with Gasteiger partial charge in [0.15, 0.2) is 0 Å². The molecule has 2 unspecified atom stereocenters. The van der Waals surface area contributed by atoms with Crippen molar-refractivity contribution >= 4 is 11.9 Å². The van der Waals surface area contributed by atoms with Gasteiger partial charge in [-0.3, -0.25) is 9.59 Å². The van der Waals surface area contributed by atoms with Gasteiger partial charge in [0.05, 0.1) is 12.5 Å². The minimum Gasteiger partial charge on any atom is -0.481 e. The van der Waals surface area contributed by atoms with Gasteiger partial charge in [-0.1, -0.05) is 6.92 Å². The van der Waals surface area contributed by atoms with E-state index in [9.17, 15) is 9.59 Å². The highest BCUT2D eigenvalue weighted by molar-refractivity contribution is 5.82. The number of carboxylic acid groups (broad SMARTS) is 1. The molecule has 86 valence electrons. The summed E-state index contributed by atoms with van der Waals surface area (Å²) in [6.07, 6.45) is 2.49. The summed E-state index contributed by atoms with van der Waals surface area (Å²) in [5, 5.41) is 14.5. The summed E-state index contributed by atoms with van der Waals surface area (Å²) in [4.78, 5) is 22.1. The molecule has 5 nitrogen and oxygen atoms in total. The van der Waals surface area contributed by atoms with Crippen LogP contribution in [0, 0.1) is 0 Å². The lowest BCUT2D eigenvalue weighted by molar-refractivity contribution is -0.137. The lowest BCUT2D eigenvalue weighted by atomic mass is 10.1. The Morgan fingerprint density at radius 1 is 1.60 bits per heavy atom. The average molecular weight is 214 g/mol. The summed E-state index contributed by atoms with van der Waals surface area (Å²) in [6.45, 7) is 2.74. The molecular formula is C10H18N2O3. The SMILES string of the molecule is CCC(CC(=O)O)NC(=O)C1CCCN1. The first kappa shape index (κ1) is 12.0. The van der Waals surface area contributed by atoms with Crippen molar-refractivity contribution in [3.63, 3.8) is 0 Å². The maximum Gasteiger partial charge on any atom is 0.305 e. The number of amides is 1. The number of aliphatic carboxylic acids is 1. The normalized spacial score (nSPS) is 22.3. The fourth-order valence-electron chi connectivity index (χ4n) is 1.72. The molecule has 0 aromatic carbocycles. The van der Waals surface area contributed by atoms with Crippen LogP contribution in [-0.4, -0.2) is 35.6 Å². The lowest BCUT2D eigenvalue weighted by Gasteiger charge is -2.17. The molecule has 1 heterocycles. The molecular weight excluding hydrogens is 196 g/mol. The third-order valence-corrected chi connectivity index (χ3v) is 2.64. The third kappa shape index (κ3) is 3.87. The van der Waals surface area contributed by atoms with E-state index < -0.39 is 5.97 Å². The highest BCUT2D eigenvalue weighted by atomic mass is 16.4. The fourth-order valence-corrected chi connectivity index (χ4v) is 1.72. The van der Waals surface area contributed by atoms with Gasteiger partial charge in [-0.2, -0.15) is 0 Å². The molecule has 1 aliphatic rings. The molecule has 0 saturated carbocycles. The molecule has 0 aromatic heterocycles. The Labute approximate surface area is 89.2 Å². The van der Waals surface area contributed by atoms with Gasteiger partial charge in [-0.25, -0.2) is 0 Å². The van der Waals surface area contributed by atoms with E-state index in [4.69, 9.17) is 5.11 Å². The topological polar surface area (TPSA) is 78.4 Å². The van der Waals surface area contributed by atoms with Gasteiger partial charge >= 0.3 is 5.97 Å². The third-order valence-electron chi connectivity index (χ3n) is 2.64. The zero-order valence-corrected chi connectivity index (χ0v) is 8.95. The molecule has 0 radical (unpaired) electrons. The Kier molecular flexibility index (Phi) is 4.55. The van der Waals surface area contributed by atoms with E-state index in [2.05, 4.69) is 10.6 Å². The van der Waals surface area contributed by atoms with Gasteiger partial charge in [0.1, 0.15) is 0 Å². The van der Waals surface area contributed by atoms with Crippen LogP contribution in [0.2, 0.25) is 0 Å². The second-order valence-corrected chi connectivity index (χ2v) is 3.86.